The van der Waals surface area contributed by atoms with Crippen molar-refractivity contribution < 1.29 is 28.8 Å². The number of aryl methyl sites for hydroxylation is 2. The van der Waals surface area contributed by atoms with E-state index in [1.807, 2.05) is 25.9 Å². The summed E-state index contributed by atoms with van der Waals surface area (Å²) in [7, 11) is 5.57. The zero-order valence-electron chi connectivity index (χ0n) is 24.5. The van der Waals surface area contributed by atoms with Crippen molar-refractivity contribution in [1.82, 2.24) is 19.9 Å². The Hall–Kier alpha value is -3.64. The van der Waals surface area contributed by atoms with Crippen molar-refractivity contribution in [1.29, 1.82) is 0 Å². The first-order chi connectivity index (χ1) is 18.9. The second kappa shape index (κ2) is 13.6. The molecule has 0 aliphatic carbocycles. The molecule has 0 saturated heterocycles. The van der Waals surface area contributed by atoms with Gasteiger partial charge >= 0.3 is 6.03 Å². The molecule has 0 bridgehead atoms. The molecule has 0 saturated carbocycles. The molecule has 12 heteroatoms. The highest BCUT2D eigenvalue weighted by molar-refractivity contribution is 6.00. The Balaban J connectivity index is 1.82. The smallest absolute Gasteiger partial charge is 0.321 e. The Morgan fingerprint density at radius 1 is 1.23 bits per heavy atom. The number of nitrogens with one attached hydrogen (secondary N) is 2. The molecule has 40 heavy (non-hydrogen) atoms. The zero-order chi connectivity index (χ0) is 29.6. The Morgan fingerprint density at radius 3 is 2.58 bits per heavy atom. The number of aromatic nitrogens is 1. The summed E-state index contributed by atoms with van der Waals surface area (Å²) >= 11 is 0. The number of hydrogen-bond donors (Lipinski definition) is 3. The SMILES string of the molecule is Cc1noc(C)c1NC(=O)N(C)C[C@@H]1Oc2ccc(NC(=O)CCCN(C)C)cc2C(=O)N([C@H](C)CO)C[C@H]1C. The van der Waals surface area contributed by atoms with E-state index in [9.17, 15) is 19.5 Å². The molecule has 12 nitrogen and oxygen atoms in total. The highest BCUT2D eigenvalue weighted by atomic mass is 16.5. The summed E-state index contributed by atoms with van der Waals surface area (Å²) in [5, 5.41) is 19.5. The lowest BCUT2D eigenvalue weighted by Gasteiger charge is -2.38. The summed E-state index contributed by atoms with van der Waals surface area (Å²) in [6.45, 7) is 8.33. The first kappa shape index (κ1) is 30.9. The number of urea groups is 1. The Bertz CT molecular complexity index is 1180. The van der Waals surface area contributed by atoms with Crippen LogP contribution >= 0.6 is 0 Å². The lowest BCUT2D eigenvalue weighted by atomic mass is 9.99. The van der Waals surface area contributed by atoms with E-state index in [1.165, 1.54) is 4.90 Å². The standard InChI is InChI=1S/C28H42N6O6/c1-17-14-34(18(2)16-35)27(37)22-13-21(29-25(36)9-8-12-32(5)6)10-11-23(22)39-24(17)15-33(7)28(38)30-26-19(3)31-40-20(26)4/h10-11,13,17-18,24,35H,8-9,12,14-16H2,1-7H3,(H,29,36)(H,30,38)/t17-,18-,24+/m1/s1. The highest BCUT2D eigenvalue weighted by Crippen LogP contribution is 2.31. The number of amides is 4. The maximum atomic E-state index is 13.6. The van der Waals surface area contributed by atoms with Gasteiger partial charge < -0.3 is 39.7 Å². The predicted molar refractivity (Wildman–Crippen MR) is 152 cm³/mol. The first-order valence-corrected chi connectivity index (χ1v) is 13.5. The van der Waals surface area contributed by atoms with Crippen molar-refractivity contribution >= 4 is 29.2 Å². The molecule has 0 spiro atoms. The van der Waals surface area contributed by atoms with Gasteiger partial charge in [-0.25, -0.2) is 4.79 Å². The molecule has 2 heterocycles. The monoisotopic (exact) mass is 558 g/mol. The lowest BCUT2D eigenvalue weighted by molar-refractivity contribution is -0.116. The van der Waals surface area contributed by atoms with Crippen LogP contribution in [0.15, 0.2) is 22.7 Å². The van der Waals surface area contributed by atoms with Gasteiger partial charge in [0.25, 0.3) is 5.91 Å². The lowest BCUT2D eigenvalue weighted by Crippen LogP contribution is -2.50. The molecule has 4 amide bonds. The Kier molecular flexibility index (Phi) is 10.5. The number of ether oxygens (including phenoxy) is 1. The number of fused-ring (bicyclic) bond motifs is 1. The molecule has 3 N–H and O–H groups in total. The Labute approximate surface area is 235 Å². The Morgan fingerprint density at radius 2 is 1.95 bits per heavy atom. The molecule has 1 aromatic heterocycles. The van der Waals surface area contributed by atoms with Crippen LogP contribution in [0.2, 0.25) is 0 Å². The van der Waals surface area contributed by atoms with Crippen molar-refractivity contribution in [2.75, 3.05) is 58.0 Å². The fourth-order valence-electron chi connectivity index (χ4n) is 4.51. The number of anilines is 2. The minimum Gasteiger partial charge on any atom is -0.487 e. The molecule has 1 aliphatic rings. The predicted octanol–water partition coefficient (Wildman–Crippen LogP) is 2.96. The minimum absolute atomic E-state index is 0.140. The van der Waals surface area contributed by atoms with Gasteiger partial charge in [-0.2, -0.15) is 0 Å². The topological polar surface area (TPSA) is 140 Å². The molecule has 0 unspecified atom stereocenters. The van der Waals surface area contributed by atoms with Crippen LogP contribution in [-0.4, -0.2) is 102 Å². The van der Waals surface area contributed by atoms with Crippen LogP contribution in [0.4, 0.5) is 16.2 Å². The molecule has 3 rings (SSSR count). The largest absolute Gasteiger partial charge is 0.487 e. The third kappa shape index (κ3) is 7.72. The van der Waals surface area contributed by atoms with E-state index in [-0.39, 0.29) is 42.5 Å². The fraction of sp³-hybridized carbons (Fsp3) is 0.571. The van der Waals surface area contributed by atoms with E-state index in [2.05, 4.69) is 15.8 Å². The number of benzene rings is 1. The third-order valence-corrected chi connectivity index (χ3v) is 7.02. The summed E-state index contributed by atoms with van der Waals surface area (Å²) in [6.07, 6.45) is 0.604. The normalized spacial score (nSPS) is 17.9. The molecule has 1 aromatic carbocycles. The molecule has 220 valence electrons. The van der Waals surface area contributed by atoms with Crippen LogP contribution in [0, 0.1) is 19.8 Å². The van der Waals surface area contributed by atoms with Crippen LogP contribution in [0.5, 0.6) is 5.75 Å². The molecule has 1 aliphatic heterocycles. The van der Waals surface area contributed by atoms with Crippen molar-refractivity contribution in [3.63, 3.8) is 0 Å². The summed E-state index contributed by atoms with van der Waals surface area (Å²) in [5.41, 5.74) is 1.88. The molecule has 0 radical (unpaired) electrons. The van der Waals surface area contributed by atoms with Gasteiger partial charge in [0.15, 0.2) is 5.76 Å². The minimum atomic E-state index is -0.466. The number of likely N-dealkylation sites (N-methyl/N-ethyl adjacent to an activating group) is 1. The molecular weight excluding hydrogens is 516 g/mol. The van der Waals surface area contributed by atoms with Gasteiger partial charge in [0.1, 0.15) is 23.2 Å². The number of carbonyl (C=O) groups is 3. The molecule has 0 fully saturated rings. The summed E-state index contributed by atoms with van der Waals surface area (Å²) in [6, 6.07) is 4.19. The number of hydrogen-bond acceptors (Lipinski definition) is 8. The van der Waals surface area contributed by atoms with Gasteiger partial charge in [-0.3, -0.25) is 9.59 Å². The molecule has 2 aromatic rings. The maximum Gasteiger partial charge on any atom is 0.321 e. The van der Waals surface area contributed by atoms with E-state index in [0.717, 1.165) is 6.54 Å². The number of aliphatic hydroxyl groups excluding tert-OH is 1. The van der Waals surface area contributed by atoms with E-state index in [4.69, 9.17) is 9.26 Å². The quantitative estimate of drug-likeness (QED) is 0.404. The van der Waals surface area contributed by atoms with Crippen molar-refractivity contribution in [3.05, 3.63) is 35.2 Å². The van der Waals surface area contributed by atoms with Gasteiger partial charge in [-0.05, 0) is 66.0 Å². The van der Waals surface area contributed by atoms with E-state index < -0.39 is 12.1 Å². The van der Waals surface area contributed by atoms with E-state index in [0.29, 0.717) is 48.0 Å². The van der Waals surface area contributed by atoms with Gasteiger partial charge in [0, 0.05) is 31.6 Å². The van der Waals surface area contributed by atoms with Crippen molar-refractivity contribution in [2.24, 2.45) is 5.92 Å². The second-order valence-electron chi connectivity index (χ2n) is 10.8. The van der Waals surface area contributed by atoms with Gasteiger partial charge in [0.05, 0.1) is 24.8 Å². The zero-order valence-corrected chi connectivity index (χ0v) is 24.5. The molecular formula is C28H42N6O6. The first-order valence-electron chi connectivity index (χ1n) is 13.5. The van der Waals surface area contributed by atoms with E-state index >= 15 is 0 Å². The average molecular weight is 559 g/mol. The van der Waals surface area contributed by atoms with E-state index in [1.54, 1.807) is 50.9 Å². The van der Waals surface area contributed by atoms with Crippen LogP contribution in [0.25, 0.3) is 0 Å². The summed E-state index contributed by atoms with van der Waals surface area (Å²) in [5.74, 6) is 0.254. The van der Waals surface area contributed by atoms with Crippen LogP contribution < -0.4 is 15.4 Å². The van der Waals surface area contributed by atoms with Gasteiger partial charge in [0.2, 0.25) is 5.91 Å². The summed E-state index contributed by atoms with van der Waals surface area (Å²) < 4.78 is 11.5. The van der Waals surface area contributed by atoms with Gasteiger partial charge in [-0.15, -0.1) is 0 Å². The fourth-order valence-corrected chi connectivity index (χ4v) is 4.51. The highest BCUT2D eigenvalue weighted by Gasteiger charge is 2.34. The third-order valence-electron chi connectivity index (χ3n) is 7.02. The van der Waals surface area contributed by atoms with Crippen molar-refractivity contribution in [3.8, 4) is 5.75 Å². The van der Waals surface area contributed by atoms with Gasteiger partial charge in [-0.1, -0.05) is 12.1 Å². The average Bonchev–Trinajstić information content (AvgIpc) is 3.22. The number of nitrogens with zero attached hydrogens (tertiary/aromatic N) is 4. The number of carbonyl (C=O) groups excluding carboxylic acids is 3. The van der Waals surface area contributed by atoms with Crippen LogP contribution in [0.1, 0.15) is 48.5 Å². The maximum absolute atomic E-state index is 13.6. The second-order valence-corrected chi connectivity index (χ2v) is 10.8. The molecule has 3 atom stereocenters. The van der Waals surface area contributed by atoms with Crippen LogP contribution in [-0.2, 0) is 4.79 Å². The van der Waals surface area contributed by atoms with Crippen molar-refractivity contribution in [2.45, 2.75) is 52.7 Å². The summed E-state index contributed by atoms with van der Waals surface area (Å²) in [4.78, 5) is 44.2. The number of aliphatic hydroxyl groups is 1. The number of rotatable bonds is 10. The van der Waals surface area contributed by atoms with Crippen LogP contribution in [0.3, 0.4) is 0 Å².